The summed E-state index contributed by atoms with van der Waals surface area (Å²) in [7, 11) is 0. The van der Waals surface area contributed by atoms with Crippen LogP contribution >= 0.6 is 0 Å². The fraction of sp³-hybridized carbons (Fsp3) is 0.538. The molecule has 0 aliphatic heterocycles. The van der Waals surface area contributed by atoms with Crippen molar-refractivity contribution in [2.75, 3.05) is 11.9 Å². The number of hydrogen-bond donors (Lipinski definition) is 1. The third-order valence-electron chi connectivity index (χ3n) is 3.01. The standard InChI is InChI=1S/C13H19F2N/c1-4-10(5-2)8-16-13-11(14)7-6-9(3)12(13)15/h6-7,10,16H,4-5,8H2,1-3H3. The molecule has 16 heavy (non-hydrogen) atoms. The molecule has 0 saturated heterocycles. The highest BCUT2D eigenvalue weighted by atomic mass is 19.1. The van der Waals surface area contributed by atoms with Crippen molar-refractivity contribution < 1.29 is 8.78 Å². The minimum absolute atomic E-state index is 0.00639. The predicted molar refractivity (Wildman–Crippen MR) is 63.7 cm³/mol. The number of anilines is 1. The summed E-state index contributed by atoms with van der Waals surface area (Å²) < 4.78 is 27.0. The van der Waals surface area contributed by atoms with E-state index in [-0.39, 0.29) is 5.69 Å². The van der Waals surface area contributed by atoms with Crippen molar-refractivity contribution in [3.05, 3.63) is 29.3 Å². The summed E-state index contributed by atoms with van der Waals surface area (Å²) in [4.78, 5) is 0. The van der Waals surface area contributed by atoms with Gasteiger partial charge in [-0.3, -0.25) is 0 Å². The van der Waals surface area contributed by atoms with E-state index in [1.807, 2.05) is 0 Å². The number of nitrogens with one attached hydrogen (secondary N) is 1. The van der Waals surface area contributed by atoms with Crippen molar-refractivity contribution in [1.29, 1.82) is 0 Å². The van der Waals surface area contributed by atoms with Crippen molar-refractivity contribution in [2.24, 2.45) is 5.92 Å². The van der Waals surface area contributed by atoms with Gasteiger partial charge in [0.1, 0.15) is 11.5 Å². The highest BCUT2D eigenvalue weighted by molar-refractivity contribution is 5.48. The van der Waals surface area contributed by atoms with E-state index >= 15 is 0 Å². The van der Waals surface area contributed by atoms with E-state index in [0.29, 0.717) is 18.0 Å². The van der Waals surface area contributed by atoms with Crippen LogP contribution in [0.15, 0.2) is 12.1 Å². The topological polar surface area (TPSA) is 12.0 Å². The molecule has 0 unspecified atom stereocenters. The fourth-order valence-electron chi connectivity index (χ4n) is 1.64. The molecule has 1 N–H and O–H groups in total. The summed E-state index contributed by atoms with van der Waals surface area (Å²) in [6.45, 7) is 6.42. The molecule has 1 rings (SSSR count). The Morgan fingerprint density at radius 2 is 1.81 bits per heavy atom. The molecule has 1 aromatic rings. The van der Waals surface area contributed by atoms with Gasteiger partial charge >= 0.3 is 0 Å². The smallest absolute Gasteiger partial charge is 0.152 e. The maximum Gasteiger partial charge on any atom is 0.152 e. The molecular formula is C13H19F2N. The molecule has 0 aliphatic rings. The zero-order valence-electron chi connectivity index (χ0n) is 10.1. The summed E-state index contributed by atoms with van der Waals surface area (Å²) in [6.07, 6.45) is 2.02. The Morgan fingerprint density at radius 1 is 1.19 bits per heavy atom. The van der Waals surface area contributed by atoms with Crippen LogP contribution in [0.4, 0.5) is 14.5 Å². The van der Waals surface area contributed by atoms with Crippen LogP contribution in [-0.2, 0) is 0 Å². The zero-order valence-corrected chi connectivity index (χ0v) is 10.1. The van der Waals surface area contributed by atoms with Gasteiger partial charge in [-0.25, -0.2) is 8.78 Å². The molecule has 0 aliphatic carbocycles. The van der Waals surface area contributed by atoms with Crippen LogP contribution < -0.4 is 5.32 Å². The highest BCUT2D eigenvalue weighted by Crippen LogP contribution is 2.22. The first-order valence-electron chi connectivity index (χ1n) is 5.78. The van der Waals surface area contributed by atoms with E-state index in [1.54, 1.807) is 6.92 Å². The summed E-state index contributed by atoms with van der Waals surface area (Å²) in [5.41, 5.74) is 0.473. The van der Waals surface area contributed by atoms with Crippen molar-refractivity contribution in [2.45, 2.75) is 33.6 Å². The molecule has 90 valence electrons. The third-order valence-corrected chi connectivity index (χ3v) is 3.01. The van der Waals surface area contributed by atoms with Crippen molar-refractivity contribution in [1.82, 2.24) is 0 Å². The van der Waals surface area contributed by atoms with Gasteiger partial charge in [0, 0.05) is 6.54 Å². The molecule has 1 nitrogen and oxygen atoms in total. The number of aryl methyl sites for hydroxylation is 1. The highest BCUT2D eigenvalue weighted by Gasteiger charge is 2.12. The van der Waals surface area contributed by atoms with Crippen molar-refractivity contribution in [3.63, 3.8) is 0 Å². The molecule has 0 bridgehead atoms. The van der Waals surface area contributed by atoms with Crippen LogP contribution in [0.2, 0.25) is 0 Å². The van der Waals surface area contributed by atoms with Crippen LogP contribution in [0.25, 0.3) is 0 Å². The maximum absolute atomic E-state index is 13.6. The molecule has 3 heteroatoms. The van der Waals surface area contributed by atoms with E-state index in [0.717, 1.165) is 12.8 Å². The lowest BCUT2D eigenvalue weighted by atomic mass is 10.0. The van der Waals surface area contributed by atoms with Crippen LogP contribution in [-0.4, -0.2) is 6.54 Å². The Bertz CT molecular complexity index is 346. The minimum atomic E-state index is -0.519. The van der Waals surface area contributed by atoms with Gasteiger partial charge < -0.3 is 5.32 Å². The average molecular weight is 227 g/mol. The molecule has 0 spiro atoms. The maximum atomic E-state index is 13.6. The molecule has 0 radical (unpaired) electrons. The molecule has 1 aromatic carbocycles. The van der Waals surface area contributed by atoms with Gasteiger partial charge in [0.05, 0.1) is 0 Å². The minimum Gasteiger partial charge on any atom is -0.380 e. The van der Waals surface area contributed by atoms with Crippen LogP contribution in [0.1, 0.15) is 32.3 Å². The van der Waals surface area contributed by atoms with Gasteiger partial charge in [-0.05, 0) is 24.5 Å². The first-order chi connectivity index (χ1) is 7.60. The number of rotatable bonds is 5. The van der Waals surface area contributed by atoms with Gasteiger partial charge in [-0.15, -0.1) is 0 Å². The van der Waals surface area contributed by atoms with E-state index in [1.165, 1.54) is 12.1 Å². The molecule has 0 saturated carbocycles. The lowest BCUT2D eigenvalue weighted by Gasteiger charge is -2.15. The molecule has 0 atom stereocenters. The second-order valence-corrected chi connectivity index (χ2v) is 4.12. The fourth-order valence-corrected chi connectivity index (χ4v) is 1.64. The summed E-state index contributed by atoms with van der Waals surface area (Å²) in [6, 6.07) is 2.75. The molecule has 0 amide bonds. The van der Waals surface area contributed by atoms with E-state index < -0.39 is 11.6 Å². The Balaban J connectivity index is 2.77. The second kappa shape index (κ2) is 5.83. The van der Waals surface area contributed by atoms with Gasteiger partial charge in [0.2, 0.25) is 0 Å². The Kier molecular flexibility index (Phi) is 4.71. The summed E-state index contributed by atoms with van der Waals surface area (Å²) in [5.74, 6) is -0.542. The normalized spacial score (nSPS) is 10.9. The van der Waals surface area contributed by atoms with E-state index in [4.69, 9.17) is 0 Å². The third kappa shape index (κ3) is 2.94. The average Bonchev–Trinajstić information content (AvgIpc) is 2.29. The number of halogens is 2. The number of hydrogen-bond acceptors (Lipinski definition) is 1. The Hall–Kier alpha value is -1.12. The van der Waals surface area contributed by atoms with Crippen LogP contribution in [0.3, 0.4) is 0 Å². The van der Waals surface area contributed by atoms with Crippen LogP contribution in [0, 0.1) is 24.5 Å². The monoisotopic (exact) mass is 227 g/mol. The summed E-state index contributed by atoms with van der Waals surface area (Å²) >= 11 is 0. The number of benzene rings is 1. The van der Waals surface area contributed by atoms with Gasteiger partial charge in [0.15, 0.2) is 5.82 Å². The molecule has 0 fully saturated rings. The lowest BCUT2D eigenvalue weighted by molar-refractivity contribution is 0.512. The first-order valence-corrected chi connectivity index (χ1v) is 5.78. The Labute approximate surface area is 95.9 Å². The van der Waals surface area contributed by atoms with Gasteiger partial charge in [0.25, 0.3) is 0 Å². The van der Waals surface area contributed by atoms with Crippen molar-refractivity contribution >= 4 is 5.69 Å². The zero-order chi connectivity index (χ0) is 12.1. The quantitative estimate of drug-likeness (QED) is 0.797. The molecule has 0 aromatic heterocycles. The molecular weight excluding hydrogens is 208 g/mol. The summed E-state index contributed by atoms with van der Waals surface area (Å²) in [5, 5.41) is 2.87. The van der Waals surface area contributed by atoms with Gasteiger partial charge in [-0.1, -0.05) is 32.8 Å². The van der Waals surface area contributed by atoms with Gasteiger partial charge in [-0.2, -0.15) is 0 Å². The van der Waals surface area contributed by atoms with Crippen LogP contribution in [0.5, 0.6) is 0 Å². The molecule has 0 heterocycles. The first kappa shape index (κ1) is 12.9. The largest absolute Gasteiger partial charge is 0.380 e. The predicted octanol–water partition coefficient (Wildman–Crippen LogP) is 4.12. The van der Waals surface area contributed by atoms with E-state index in [2.05, 4.69) is 19.2 Å². The van der Waals surface area contributed by atoms with Crippen molar-refractivity contribution in [3.8, 4) is 0 Å². The SMILES string of the molecule is CCC(CC)CNc1c(F)ccc(C)c1F. The lowest BCUT2D eigenvalue weighted by Crippen LogP contribution is -2.14. The van der Waals surface area contributed by atoms with E-state index in [9.17, 15) is 8.78 Å². The Morgan fingerprint density at radius 3 is 2.38 bits per heavy atom. The second-order valence-electron chi connectivity index (χ2n) is 4.12.